The van der Waals surface area contributed by atoms with E-state index in [1.165, 1.54) is 0 Å². The summed E-state index contributed by atoms with van der Waals surface area (Å²) in [6.45, 7) is 0.380. The molecule has 4 heteroatoms. The third-order valence-corrected chi connectivity index (χ3v) is 4.15. The highest BCUT2D eigenvalue weighted by Gasteiger charge is 2.04. The molecular formula is C13H14N2OS. The molecule has 0 saturated heterocycles. The molecule has 0 spiro atoms. The number of aromatic nitrogens is 1. The second-order valence-corrected chi connectivity index (χ2v) is 6.06. The number of rotatable bonds is 3. The van der Waals surface area contributed by atoms with Crippen molar-refractivity contribution < 1.29 is 4.21 Å². The molecule has 1 unspecified atom stereocenters. The Morgan fingerprint density at radius 1 is 1.12 bits per heavy atom. The summed E-state index contributed by atoms with van der Waals surface area (Å²) in [5, 5.41) is 0. The van der Waals surface area contributed by atoms with Crippen molar-refractivity contribution in [1.82, 2.24) is 4.98 Å². The first kappa shape index (κ1) is 11.8. The van der Waals surface area contributed by atoms with Crippen molar-refractivity contribution in [2.75, 3.05) is 6.26 Å². The summed E-state index contributed by atoms with van der Waals surface area (Å²) in [6, 6.07) is 14.9. The van der Waals surface area contributed by atoms with Crippen LogP contribution in [-0.4, -0.2) is 15.4 Å². The van der Waals surface area contributed by atoms with Gasteiger partial charge in [-0.15, -0.1) is 0 Å². The van der Waals surface area contributed by atoms with Crippen LogP contribution in [0.5, 0.6) is 0 Å². The summed E-state index contributed by atoms with van der Waals surface area (Å²) in [7, 11) is -2.32. The first-order chi connectivity index (χ1) is 8.18. The van der Waals surface area contributed by atoms with E-state index in [0.717, 1.165) is 10.6 Å². The Morgan fingerprint density at radius 3 is 2.47 bits per heavy atom. The van der Waals surface area contributed by atoms with Crippen LogP contribution in [-0.2, 0) is 16.3 Å². The van der Waals surface area contributed by atoms with E-state index < -0.39 is 9.73 Å². The molecule has 0 bridgehead atoms. The maximum absolute atomic E-state index is 12.4. The molecule has 0 saturated carbocycles. The molecule has 1 aromatic carbocycles. The first-order valence-corrected chi connectivity index (χ1v) is 7.24. The maximum atomic E-state index is 12.4. The van der Waals surface area contributed by atoms with Crippen LogP contribution in [0.3, 0.4) is 0 Å². The topological polar surface area (TPSA) is 42.3 Å². The first-order valence-electron chi connectivity index (χ1n) is 5.31. The third-order valence-electron chi connectivity index (χ3n) is 2.38. The highest BCUT2D eigenvalue weighted by molar-refractivity contribution is 7.93. The molecule has 0 fully saturated rings. The van der Waals surface area contributed by atoms with Gasteiger partial charge in [0.05, 0.1) is 22.0 Å². The predicted molar refractivity (Wildman–Crippen MR) is 69.1 cm³/mol. The molecule has 1 heterocycles. The molecule has 0 radical (unpaired) electrons. The van der Waals surface area contributed by atoms with Crippen molar-refractivity contribution >= 4 is 9.73 Å². The fraction of sp³-hybridized carbons (Fsp3) is 0.154. The van der Waals surface area contributed by atoms with Crippen LogP contribution in [0.1, 0.15) is 5.69 Å². The largest absolute Gasteiger partial charge is 0.259 e. The van der Waals surface area contributed by atoms with Gasteiger partial charge in [0.2, 0.25) is 0 Å². The standard InChI is InChI=1S/C13H14N2OS/c1-17(16,13-8-3-2-4-9-13)15-11-12-7-5-6-10-14-12/h2-10H,11H2,1H3. The Hall–Kier alpha value is -1.68. The Bertz CT molecular complexity index is 587. The number of nitrogens with zero attached hydrogens (tertiary/aromatic N) is 2. The molecule has 0 aliphatic heterocycles. The van der Waals surface area contributed by atoms with Gasteiger partial charge < -0.3 is 0 Å². The quantitative estimate of drug-likeness (QED) is 0.835. The van der Waals surface area contributed by atoms with Gasteiger partial charge in [-0.1, -0.05) is 24.3 Å². The Balaban J connectivity index is 2.25. The lowest BCUT2D eigenvalue weighted by atomic mass is 10.4. The van der Waals surface area contributed by atoms with Gasteiger partial charge in [-0.3, -0.25) is 4.98 Å². The van der Waals surface area contributed by atoms with Crippen molar-refractivity contribution in [2.24, 2.45) is 4.36 Å². The summed E-state index contributed by atoms with van der Waals surface area (Å²) in [4.78, 5) is 4.92. The molecule has 3 nitrogen and oxygen atoms in total. The number of hydrogen-bond acceptors (Lipinski definition) is 3. The zero-order chi connectivity index (χ0) is 12.1. The van der Waals surface area contributed by atoms with Gasteiger partial charge in [0.15, 0.2) is 0 Å². The van der Waals surface area contributed by atoms with Crippen LogP contribution in [0.2, 0.25) is 0 Å². The number of benzene rings is 1. The fourth-order valence-electron chi connectivity index (χ4n) is 1.43. The Morgan fingerprint density at radius 2 is 1.82 bits per heavy atom. The molecule has 88 valence electrons. The number of pyridine rings is 1. The van der Waals surface area contributed by atoms with Crippen LogP contribution >= 0.6 is 0 Å². The zero-order valence-corrected chi connectivity index (χ0v) is 10.4. The van der Waals surface area contributed by atoms with E-state index in [2.05, 4.69) is 9.35 Å². The summed E-state index contributed by atoms with van der Waals surface area (Å²) in [6.07, 6.45) is 3.37. The minimum atomic E-state index is -2.32. The Labute approximate surface area is 102 Å². The van der Waals surface area contributed by atoms with Crippen molar-refractivity contribution in [3.63, 3.8) is 0 Å². The van der Waals surface area contributed by atoms with Crippen molar-refractivity contribution in [1.29, 1.82) is 0 Å². The van der Waals surface area contributed by atoms with Crippen molar-refractivity contribution in [3.05, 3.63) is 60.4 Å². The van der Waals surface area contributed by atoms with E-state index in [4.69, 9.17) is 0 Å². The molecule has 1 atom stereocenters. The van der Waals surface area contributed by atoms with E-state index in [1.807, 2.05) is 48.5 Å². The second kappa shape index (κ2) is 5.10. The molecule has 17 heavy (non-hydrogen) atoms. The minimum absolute atomic E-state index is 0.380. The van der Waals surface area contributed by atoms with Crippen LogP contribution in [0, 0.1) is 0 Å². The molecule has 2 aromatic rings. The summed E-state index contributed by atoms with van der Waals surface area (Å²) in [5.74, 6) is 0. The van der Waals surface area contributed by atoms with E-state index in [0.29, 0.717) is 6.54 Å². The van der Waals surface area contributed by atoms with Gasteiger partial charge in [0.25, 0.3) is 0 Å². The molecule has 0 amide bonds. The van der Waals surface area contributed by atoms with Crippen LogP contribution < -0.4 is 0 Å². The monoisotopic (exact) mass is 246 g/mol. The Kier molecular flexibility index (Phi) is 3.54. The maximum Gasteiger partial charge on any atom is 0.0909 e. The molecular weight excluding hydrogens is 232 g/mol. The highest BCUT2D eigenvalue weighted by Crippen LogP contribution is 2.11. The summed E-state index contributed by atoms with van der Waals surface area (Å²) >= 11 is 0. The summed E-state index contributed by atoms with van der Waals surface area (Å²) in [5.41, 5.74) is 0.831. The van der Waals surface area contributed by atoms with E-state index >= 15 is 0 Å². The lowest BCUT2D eigenvalue weighted by molar-refractivity contribution is 0.678. The van der Waals surface area contributed by atoms with E-state index in [-0.39, 0.29) is 0 Å². The van der Waals surface area contributed by atoms with Gasteiger partial charge in [0, 0.05) is 17.3 Å². The van der Waals surface area contributed by atoms with Crippen molar-refractivity contribution in [2.45, 2.75) is 11.4 Å². The van der Waals surface area contributed by atoms with Gasteiger partial charge in [-0.25, -0.2) is 8.57 Å². The van der Waals surface area contributed by atoms with Crippen LogP contribution in [0.4, 0.5) is 0 Å². The normalized spacial score (nSPS) is 13.9. The van der Waals surface area contributed by atoms with E-state index in [9.17, 15) is 4.21 Å². The molecule has 0 aliphatic rings. The van der Waals surface area contributed by atoms with Gasteiger partial charge in [-0.2, -0.15) is 0 Å². The average Bonchev–Trinajstić information content (AvgIpc) is 2.39. The predicted octanol–water partition coefficient (Wildman–Crippen LogP) is 2.74. The zero-order valence-electron chi connectivity index (χ0n) is 9.61. The van der Waals surface area contributed by atoms with Crippen LogP contribution in [0.15, 0.2) is 64.0 Å². The average molecular weight is 246 g/mol. The SMILES string of the molecule is CS(=O)(=NCc1ccccn1)c1ccccc1. The van der Waals surface area contributed by atoms with Gasteiger partial charge in [0.1, 0.15) is 0 Å². The second-order valence-electron chi connectivity index (χ2n) is 3.72. The molecule has 0 aliphatic carbocycles. The summed E-state index contributed by atoms with van der Waals surface area (Å²) < 4.78 is 16.6. The van der Waals surface area contributed by atoms with Gasteiger partial charge in [-0.05, 0) is 24.3 Å². The smallest absolute Gasteiger partial charge is 0.0909 e. The van der Waals surface area contributed by atoms with Crippen molar-refractivity contribution in [3.8, 4) is 0 Å². The molecule has 2 rings (SSSR count). The lowest BCUT2D eigenvalue weighted by Gasteiger charge is -2.03. The van der Waals surface area contributed by atoms with E-state index in [1.54, 1.807) is 12.5 Å². The molecule has 0 N–H and O–H groups in total. The third kappa shape index (κ3) is 3.14. The van der Waals surface area contributed by atoms with Crippen LogP contribution in [0.25, 0.3) is 0 Å². The molecule has 1 aromatic heterocycles. The fourth-order valence-corrected chi connectivity index (χ4v) is 2.62. The minimum Gasteiger partial charge on any atom is -0.259 e. The lowest BCUT2D eigenvalue weighted by Crippen LogP contribution is -1.98. The van der Waals surface area contributed by atoms with Gasteiger partial charge >= 0.3 is 0 Å². The number of hydrogen-bond donors (Lipinski definition) is 0. The highest BCUT2D eigenvalue weighted by atomic mass is 32.2.